The second-order valence-corrected chi connectivity index (χ2v) is 7.44. The van der Waals surface area contributed by atoms with Gasteiger partial charge in [0.2, 0.25) is 5.69 Å². The second kappa shape index (κ2) is 5.80. The molecule has 4 rings (SSSR count). The van der Waals surface area contributed by atoms with E-state index in [0.29, 0.717) is 16.5 Å². The van der Waals surface area contributed by atoms with Crippen LogP contribution >= 0.6 is 0 Å². The molecule has 0 atom stereocenters. The lowest BCUT2D eigenvalue weighted by Gasteiger charge is -2.15. The van der Waals surface area contributed by atoms with Crippen LogP contribution in [0.3, 0.4) is 0 Å². The van der Waals surface area contributed by atoms with Gasteiger partial charge in [0.1, 0.15) is 18.9 Å². The van der Waals surface area contributed by atoms with Crippen LogP contribution in [0.25, 0.3) is 17.0 Å². The summed E-state index contributed by atoms with van der Waals surface area (Å²) in [4.78, 5) is 12.7. The number of hydrogen-bond donors (Lipinski definition) is 0. The number of aryl methyl sites for hydroxylation is 1. The van der Waals surface area contributed by atoms with Crippen molar-refractivity contribution >= 4 is 28.4 Å². The van der Waals surface area contributed by atoms with Gasteiger partial charge in [0, 0.05) is 17.7 Å². The van der Waals surface area contributed by atoms with Crippen LogP contribution in [0.2, 0.25) is 0 Å². The zero-order valence-corrected chi connectivity index (χ0v) is 15.5. The molecule has 3 nitrogen and oxygen atoms in total. The SMILES string of the molecule is Cc1ccc2c(c1)C(C)(C)C(/C=C/c1coc3ccccc3c1=O)=[N+]2C. The quantitative estimate of drug-likeness (QED) is 0.624. The normalized spacial score (nSPS) is 15.8. The van der Waals surface area contributed by atoms with E-state index in [1.54, 1.807) is 12.3 Å². The Labute approximate surface area is 152 Å². The zero-order valence-electron chi connectivity index (χ0n) is 15.5. The molecule has 0 aliphatic carbocycles. The predicted molar refractivity (Wildman–Crippen MR) is 107 cm³/mol. The topological polar surface area (TPSA) is 33.2 Å². The van der Waals surface area contributed by atoms with Crippen molar-refractivity contribution in [2.24, 2.45) is 0 Å². The first-order chi connectivity index (χ1) is 12.4. The van der Waals surface area contributed by atoms with Crippen molar-refractivity contribution in [2.75, 3.05) is 7.05 Å². The number of para-hydroxylation sites is 1. The molecule has 26 heavy (non-hydrogen) atoms. The van der Waals surface area contributed by atoms with E-state index in [4.69, 9.17) is 4.42 Å². The Morgan fingerprint density at radius 1 is 1.08 bits per heavy atom. The Bertz CT molecular complexity index is 1150. The molecule has 1 aliphatic rings. The first-order valence-electron chi connectivity index (χ1n) is 8.80. The lowest BCUT2D eigenvalue weighted by Crippen LogP contribution is -2.26. The second-order valence-electron chi connectivity index (χ2n) is 7.44. The van der Waals surface area contributed by atoms with E-state index in [2.05, 4.69) is 50.6 Å². The smallest absolute Gasteiger partial charge is 0.209 e. The number of nitrogens with zero attached hydrogens (tertiary/aromatic N) is 1. The summed E-state index contributed by atoms with van der Waals surface area (Å²) in [5, 5.41) is 0.609. The first kappa shape index (κ1) is 16.5. The van der Waals surface area contributed by atoms with Crippen molar-refractivity contribution in [3.63, 3.8) is 0 Å². The third-order valence-electron chi connectivity index (χ3n) is 5.32. The molecule has 1 aliphatic heterocycles. The van der Waals surface area contributed by atoms with Crippen LogP contribution in [-0.4, -0.2) is 17.3 Å². The van der Waals surface area contributed by atoms with E-state index >= 15 is 0 Å². The van der Waals surface area contributed by atoms with E-state index < -0.39 is 0 Å². The average molecular weight is 344 g/mol. The van der Waals surface area contributed by atoms with Gasteiger partial charge < -0.3 is 4.42 Å². The summed E-state index contributed by atoms with van der Waals surface area (Å²) in [5.41, 5.74) is 5.99. The highest BCUT2D eigenvalue weighted by atomic mass is 16.3. The average Bonchev–Trinajstić information content (AvgIpc) is 2.81. The van der Waals surface area contributed by atoms with Crippen LogP contribution < -0.4 is 5.43 Å². The molecule has 0 fully saturated rings. The highest BCUT2D eigenvalue weighted by Gasteiger charge is 2.42. The molecule has 0 saturated heterocycles. The molecule has 2 heterocycles. The predicted octanol–water partition coefficient (Wildman–Crippen LogP) is 4.82. The highest BCUT2D eigenvalue weighted by Crippen LogP contribution is 2.39. The third-order valence-corrected chi connectivity index (χ3v) is 5.32. The summed E-state index contributed by atoms with van der Waals surface area (Å²) >= 11 is 0. The van der Waals surface area contributed by atoms with Crippen LogP contribution in [0, 0.1) is 6.92 Å². The molecular weight excluding hydrogens is 322 g/mol. The van der Waals surface area contributed by atoms with Gasteiger partial charge in [-0.1, -0.05) is 23.8 Å². The van der Waals surface area contributed by atoms with Crippen LogP contribution in [0.5, 0.6) is 0 Å². The van der Waals surface area contributed by atoms with Gasteiger partial charge in [0.05, 0.1) is 16.4 Å². The summed E-state index contributed by atoms with van der Waals surface area (Å²) in [6, 6.07) is 13.9. The van der Waals surface area contributed by atoms with E-state index in [1.165, 1.54) is 16.8 Å². The van der Waals surface area contributed by atoms with Crippen molar-refractivity contribution in [1.29, 1.82) is 0 Å². The molecule has 1 aromatic heterocycles. The fourth-order valence-corrected chi connectivity index (χ4v) is 3.83. The lowest BCUT2D eigenvalue weighted by molar-refractivity contribution is -0.401. The number of fused-ring (bicyclic) bond motifs is 2. The fourth-order valence-electron chi connectivity index (χ4n) is 3.83. The maximum absolute atomic E-state index is 12.7. The van der Waals surface area contributed by atoms with E-state index in [-0.39, 0.29) is 10.8 Å². The summed E-state index contributed by atoms with van der Waals surface area (Å²) < 4.78 is 7.82. The molecule has 0 bridgehead atoms. The van der Waals surface area contributed by atoms with Gasteiger partial charge in [-0.25, -0.2) is 0 Å². The van der Waals surface area contributed by atoms with E-state index in [1.807, 2.05) is 30.4 Å². The first-order valence-corrected chi connectivity index (χ1v) is 8.80. The molecule has 3 aromatic rings. The summed E-state index contributed by atoms with van der Waals surface area (Å²) in [7, 11) is 2.07. The van der Waals surface area contributed by atoms with Gasteiger partial charge in [0.25, 0.3) is 0 Å². The largest absolute Gasteiger partial charge is 0.463 e. The molecule has 2 aromatic carbocycles. The lowest BCUT2D eigenvalue weighted by atomic mass is 9.81. The van der Waals surface area contributed by atoms with Gasteiger partial charge >= 0.3 is 0 Å². The Morgan fingerprint density at radius 2 is 1.85 bits per heavy atom. The zero-order chi connectivity index (χ0) is 18.5. The minimum absolute atomic E-state index is 0.00415. The van der Waals surface area contributed by atoms with Crippen LogP contribution in [0.4, 0.5) is 5.69 Å². The van der Waals surface area contributed by atoms with Gasteiger partial charge in [0.15, 0.2) is 11.1 Å². The van der Waals surface area contributed by atoms with E-state index in [0.717, 1.165) is 5.71 Å². The number of benzene rings is 2. The highest BCUT2D eigenvalue weighted by molar-refractivity contribution is 6.05. The molecule has 0 saturated carbocycles. The van der Waals surface area contributed by atoms with Gasteiger partial charge in [-0.3, -0.25) is 4.79 Å². The minimum atomic E-state index is -0.121. The van der Waals surface area contributed by atoms with Crippen molar-refractivity contribution in [1.82, 2.24) is 0 Å². The van der Waals surface area contributed by atoms with Crippen LogP contribution in [-0.2, 0) is 5.41 Å². The molecule has 3 heteroatoms. The maximum Gasteiger partial charge on any atom is 0.209 e. The molecule has 0 amide bonds. The van der Waals surface area contributed by atoms with E-state index in [9.17, 15) is 4.79 Å². The van der Waals surface area contributed by atoms with Gasteiger partial charge in [-0.15, -0.1) is 0 Å². The molecule has 0 unspecified atom stereocenters. The minimum Gasteiger partial charge on any atom is -0.463 e. The number of rotatable bonds is 2. The Kier molecular flexibility index (Phi) is 3.69. The van der Waals surface area contributed by atoms with Crippen molar-refractivity contribution in [2.45, 2.75) is 26.2 Å². The Hall–Kier alpha value is -2.94. The molecule has 0 radical (unpaired) electrons. The van der Waals surface area contributed by atoms with Crippen molar-refractivity contribution in [3.05, 3.63) is 81.7 Å². The standard InChI is InChI=1S/C23H22NO2/c1-15-9-11-19-18(13-15)23(2,3)21(24(19)4)12-10-16-14-26-20-8-6-5-7-17(20)22(16)25/h5-14H,1-4H3/q+1/b12-10+. The Balaban J connectivity index is 1.80. The third kappa shape index (κ3) is 2.43. The molecule has 130 valence electrons. The summed E-state index contributed by atoms with van der Waals surface area (Å²) in [5.74, 6) is 0. The van der Waals surface area contributed by atoms with Crippen LogP contribution in [0.1, 0.15) is 30.5 Å². The van der Waals surface area contributed by atoms with Crippen molar-refractivity contribution < 1.29 is 8.99 Å². The molecule has 0 N–H and O–H groups in total. The fraction of sp³-hybridized carbons (Fsp3) is 0.217. The van der Waals surface area contributed by atoms with Gasteiger partial charge in [-0.05, 0) is 45.0 Å². The summed E-state index contributed by atoms with van der Waals surface area (Å²) in [6.07, 6.45) is 5.45. The molecule has 0 spiro atoms. The maximum atomic E-state index is 12.7. The van der Waals surface area contributed by atoms with Gasteiger partial charge in [-0.2, -0.15) is 4.58 Å². The van der Waals surface area contributed by atoms with Crippen molar-refractivity contribution in [3.8, 4) is 0 Å². The monoisotopic (exact) mass is 344 g/mol. The molecular formula is C23H22NO2+. The Morgan fingerprint density at radius 3 is 2.65 bits per heavy atom. The number of allylic oxidation sites excluding steroid dienone is 1. The number of hydrogen-bond acceptors (Lipinski definition) is 2. The van der Waals surface area contributed by atoms with Crippen LogP contribution in [0.15, 0.2) is 64.0 Å². The summed E-state index contributed by atoms with van der Waals surface area (Å²) in [6.45, 7) is 6.55.